The number of ketones is 1. The molecular formula is C27H44N4O6S. The van der Waals surface area contributed by atoms with Crippen molar-refractivity contribution in [3.8, 4) is 0 Å². The summed E-state index contributed by atoms with van der Waals surface area (Å²) < 4.78 is 5.30. The molecule has 4 aliphatic heterocycles. The van der Waals surface area contributed by atoms with Crippen molar-refractivity contribution in [2.75, 3.05) is 12.3 Å². The van der Waals surface area contributed by atoms with Crippen molar-refractivity contribution in [1.82, 2.24) is 21.3 Å². The fourth-order valence-corrected chi connectivity index (χ4v) is 7.53. The van der Waals surface area contributed by atoms with Gasteiger partial charge in [-0.3, -0.25) is 14.4 Å². The number of fused-ring (bicyclic) bond motifs is 2. The summed E-state index contributed by atoms with van der Waals surface area (Å²) in [4.78, 5) is 47.9. The van der Waals surface area contributed by atoms with E-state index in [-0.39, 0.29) is 29.8 Å². The van der Waals surface area contributed by atoms with Gasteiger partial charge in [0.1, 0.15) is 0 Å². The van der Waals surface area contributed by atoms with E-state index in [2.05, 4.69) is 21.3 Å². The molecule has 0 radical (unpaired) electrons. The summed E-state index contributed by atoms with van der Waals surface area (Å²) in [5, 5.41) is 21.9. The van der Waals surface area contributed by atoms with Gasteiger partial charge in [-0.25, -0.2) is 4.79 Å². The maximum atomic E-state index is 12.4. The van der Waals surface area contributed by atoms with Crippen LogP contribution in [0.5, 0.6) is 0 Å². The summed E-state index contributed by atoms with van der Waals surface area (Å²) in [5.41, 5.74) is -2.89. The van der Waals surface area contributed by atoms with Gasteiger partial charge in [0, 0.05) is 30.4 Å². The average molecular weight is 553 g/mol. The van der Waals surface area contributed by atoms with Crippen LogP contribution >= 0.6 is 11.8 Å². The topological polar surface area (TPSA) is 149 Å². The molecule has 0 bridgehead atoms. The van der Waals surface area contributed by atoms with Gasteiger partial charge in [0.05, 0.1) is 12.1 Å². The van der Waals surface area contributed by atoms with Crippen molar-refractivity contribution >= 4 is 35.4 Å². The molecular weight excluding hydrogens is 508 g/mol. The third-order valence-corrected chi connectivity index (χ3v) is 9.74. The Bertz CT molecular complexity index is 886. The number of carbonyl (C=O) groups excluding carboxylic acids is 4. The second-order valence-corrected chi connectivity index (χ2v) is 12.7. The SMILES string of the molecule is CC1(O)NC(=O)[C@@]2(C(=O)CCCCCCCCCCCNC(=O)CCCC[C@@H]3SC[C@@H]4NC(=O)N[C@@H]43)O[C@@H]12. The fraction of sp³-hybridized carbons (Fsp3) is 0.852. The number of aliphatic hydroxyl groups is 1. The molecule has 0 aliphatic carbocycles. The molecule has 214 valence electrons. The number of epoxide rings is 1. The Kier molecular flexibility index (Phi) is 9.97. The van der Waals surface area contributed by atoms with E-state index in [4.69, 9.17) is 4.74 Å². The molecule has 4 amide bonds. The van der Waals surface area contributed by atoms with Crippen LogP contribution in [0, 0.1) is 0 Å². The number of Topliss-reactive ketones (excluding diaryl/α,β-unsaturated/α-hetero) is 1. The van der Waals surface area contributed by atoms with Crippen LogP contribution in [0.25, 0.3) is 0 Å². The molecule has 10 nitrogen and oxygen atoms in total. The van der Waals surface area contributed by atoms with Crippen LogP contribution in [0.4, 0.5) is 4.79 Å². The molecule has 4 aliphatic rings. The summed E-state index contributed by atoms with van der Waals surface area (Å²) in [6, 6.07) is 0.455. The molecule has 0 aromatic heterocycles. The minimum atomic E-state index is -1.45. The number of amides is 4. The minimum absolute atomic E-state index is 0.0489. The number of unbranched alkanes of at least 4 members (excludes halogenated alkanes) is 9. The molecule has 38 heavy (non-hydrogen) atoms. The highest BCUT2D eigenvalue weighted by atomic mass is 32.2. The van der Waals surface area contributed by atoms with Crippen molar-refractivity contribution in [3.05, 3.63) is 0 Å². The molecule has 0 spiro atoms. The van der Waals surface area contributed by atoms with Gasteiger partial charge in [0.25, 0.3) is 5.91 Å². The van der Waals surface area contributed by atoms with Crippen molar-refractivity contribution < 1.29 is 29.0 Å². The Morgan fingerprint density at radius 1 is 0.974 bits per heavy atom. The number of ether oxygens (including phenoxy) is 1. The maximum Gasteiger partial charge on any atom is 0.315 e. The average Bonchev–Trinajstić information content (AvgIpc) is 3.34. The molecule has 1 unspecified atom stereocenters. The van der Waals surface area contributed by atoms with Gasteiger partial charge in [-0.15, -0.1) is 0 Å². The Labute approximate surface area is 229 Å². The van der Waals surface area contributed by atoms with Gasteiger partial charge in [-0.1, -0.05) is 51.4 Å². The Balaban J connectivity index is 0.897. The maximum absolute atomic E-state index is 12.4. The van der Waals surface area contributed by atoms with E-state index in [1.807, 2.05) is 11.8 Å². The summed E-state index contributed by atoms with van der Waals surface area (Å²) in [6.07, 6.45) is 12.6. The highest BCUT2D eigenvalue weighted by Gasteiger charge is 2.78. The Morgan fingerprint density at radius 2 is 1.63 bits per heavy atom. The van der Waals surface area contributed by atoms with Crippen molar-refractivity contribution in [2.45, 2.75) is 132 Å². The quantitative estimate of drug-likeness (QED) is 0.0758. The van der Waals surface area contributed by atoms with Crippen molar-refractivity contribution in [1.29, 1.82) is 0 Å². The molecule has 4 heterocycles. The Morgan fingerprint density at radius 3 is 2.29 bits per heavy atom. The standard InChI is InChI=1S/C27H44N4O6S/c1-26(36)23-27(37-23,24(34)31-26)20(32)14-9-7-5-3-2-4-6-8-12-16-28-21(33)15-11-10-13-19-22-18(17-38-19)29-25(35)30-22/h18-19,22-23,36H,2-17H2,1H3,(H,28,33)(H,31,34)(H2,29,30,35)/t18-,19-,22-,23-,26?,27-/m0/s1. The van der Waals surface area contributed by atoms with Gasteiger partial charge >= 0.3 is 6.03 Å². The van der Waals surface area contributed by atoms with Crippen LogP contribution in [0.2, 0.25) is 0 Å². The number of thioether (sulfide) groups is 1. The fourth-order valence-electron chi connectivity index (χ4n) is 5.99. The van der Waals surface area contributed by atoms with Crippen LogP contribution < -0.4 is 21.3 Å². The Hall–Kier alpha value is -1.85. The van der Waals surface area contributed by atoms with Gasteiger partial charge in [-0.2, -0.15) is 11.8 Å². The van der Waals surface area contributed by atoms with E-state index in [1.54, 1.807) is 0 Å². The van der Waals surface area contributed by atoms with Crippen LogP contribution in [0.3, 0.4) is 0 Å². The number of hydrogen-bond donors (Lipinski definition) is 5. The summed E-state index contributed by atoms with van der Waals surface area (Å²) in [7, 11) is 0. The first-order chi connectivity index (χ1) is 18.2. The number of rotatable bonds is 18. The number of morpholine rings is 1. The number of nitrogens with one attached hydrogen (secondary N) is 4. The molecule has 11 heteroatoms. The molecule has 6 atom stereocenters. The largest absolute Gasteiger partial charge is 0.368 e. The van der Waals surface area contributed by atoms with E-state index in [0.717, 1.165) is 76.5 Å². The third kappa shape index (κ3) is 7.01. The van der Waals surface area contributed by atoms with Crippen LogP contribution in [-0.2, 0) is 19.1 Å². The molecule has 4 saturated heterocycles. The second kappa shape index (κ2) is 13.0. The lowest BCUT2D eigenvalue weighted by Crippen LogP contribution is -2.45. The van der Waals surface area contributed by atoms with Crippen LogP contribution in [-0.4, -0.2) is 75.8 Å². The van der Waals surface area contributed by atoms with Crippen LogP contribution in [0.15, 0.2) is 0 Å². The first-order valence-electron chi connectivity index (χ1n) is 14.5. The lowest BCUT2D eigenvalue weighted by molar-refractivity contribution is -0.138. The highest BCUT2D eigenvalue weighted by Crippen LogP contribution is 2.49. The van der Waals surface area contributed by atoms with Gasteiger partial charge in [0.2, 0.25) is 11.5 Å². The summed E-state index contributed by atoms with van der Waals surface area (Å²) >= 11 is 1.92. The zero-order valence-corrected chi connectivity index (χ0v) is 23.3. The lowest BCUT2D eigenvalue weighted by atomic mass is 9.94. The van der Waals surface area contributed by atoms with E-state index in [1.165, 1.54) is 19.8 Å². The van der Waals surface area contributed by atoms with Crippen molar-refractivity contribution in [2.24, 2.45) is 0 Å². The van der Waals surface area contributed by atoms with E-state index in [9.17, 15) is 24.3 Å². The van der Waals surface area contributed by atoms with E-state index >= 15 is 0 Å². The van der Waals surface area contributed by atoms with Crippen molar-refractivity contribution in [3.63, 3.8) is 0 Å². The van der Waals surface area contributed by atoms with E-state index in [0.29, 0.717) is 18.1 Å². The molecule has 4 rings (SSSR count). The summed E-state index contributed by atoms with van der Waals surface area (Å²) in [5.74, 6) is 0.384. The zero-order valence-electron chi connectivity index (χ0n) is 22.5. The third-order valence-electron chi connectivity index (χ3n) is 8.23. The predicted octanol–water partition coefficient (Wildman–Crippen LogP) is 2.27. The highest BCUT2D eigenvalue weighted by molar-refractivity contribution is 8.00. The lowest BCUT2D eigenvalue weighted by Gasteiger charge is -2.16. The molecule has 5 N–H and O–H groups in total. The van der Waals surface area contributed by atoms with Gasteiger partial charge < -0.3 is 31.1 Å². The first-order valence-corrected chi connectivity index (χ1v) is 15.5. The van der Waals surface area contributed by atoms with E-state index < -0.39 is 23.3 Å². The van der Waals surface area contributed by atoms with Gasteiger partial charge in [-0.05, 0) is 32.6 Å². The molecule has 0 aromatic rings. The first kappa shape index (κ1) is 29.1. The second-order valence-electron chi connectivity index (χ2n) is 11.4. The molecule has 0 saturated carbocycles. The predicted molar refractivity (Wildman–Crippen MR) is 145 cm³/mol. The summed E-state index contributed by atoms with van der Waals surface area (Å²) in [6.45, 7) is 2.20. The normalized spacial score (nSPS) is 32.8. The zero-order chi connectivity index (χ0) is 27.2. The number of hydrogen-bond acceptors (Lipinski definition) is 7. The molecule has 4 fully saturated rings. The monoisotopic (exact) mass is 552 g/mol. The van der Waals surface area contributed by atoms with Crippen LogP contribution in [0.1, 0.15) is 96.8 Å². The van der Waals surface area contributed by atoms with Gasteiger partial charge in [0.15, 0.2) is 17.6 Å². The minimum Gasteiger partial charge on any atom is -0.368 e. The molecule has 0 aromatic carbocycles. The number of carbonyl (C=O) groups is 4. The number of urea groups is 1. The smallest absolute Gasteiger partial charge is 0.315 e.